The van der Waals surface area contributed by atoms with E-state index >= 15 is 0 Å². The van der Waals surface area contributed by atoms with Crippen molar-refractivity contribution in [3.05, 3.63) is 119 Å². The van der Waals surface area contributed by atoms with Gasteiger partial charge >= 0.3 is 0 Å². The smallest absolute Gasteiger partial charge is 0.274 e. The topological polar surface area (TPSA) is 68.3 Å². The molecule has 0 fully saturated rings. The van der Waals surface area contributed by atoms with Gasteiger partial charge in [0.05, 0.1) is 18.0 Å². The standard InChI is InChI=1S/C25H18N4O2/c1-17-14-23(29(28-17)22-13-7-11-20(16-22)26-2)25(31)27-21-12-6-10-19(15-21)24(30)18-8-4-3-5-9-18/h3-16H,1H3,(H,27,31). The minimum absolute atomic E-state index is 0.117. The molecule has 0 saturated heterocycles. The fourth-order valence-electron chi connectivity index (χ4n) is 3.24. The van der Waals surface area contributed by atoms with E-state index in [-0.39, 0.29) is 11.7 Å². The second-order valence-corrected chi connectivity index (χ2v) is 6.94. The number of carbonyl (C=O) groups is 2. The zero-order chi connectivity index (χ0) is 21.8. The van der Waals surface area contributed by atoms with Crippen LogP contribution in [0.3, 0.4) is 0 Å². The number of nitrogens with zero attached hydrogens (tertiary/aromatic N) is 3. The van der Waals surface area contributed by atoms with E-state index < -0.39 is 0 Å². The van der Waals surface area contributed by atoms with Gasteiger partial charge in [0.2, 0.25) is 0 Å². The number of amides is 1. The molecule has 0 radical (unpaired) electrons. The van der Waals surface area contributed by atoms with Gasteiger partial charge in [-0.1, -0.05) is 54.6 Å². The van der Waals surface area contributed by atoms with Gasteiger partial charge < -0.3 is 5.32 Å². The summed E-state index contributed by atoms with van der Waals surface area (Å²) in [4.78, 5) is 29.1. The molecule has 0 spiro atoms. The van der Waals surface area contributed by atoms with Crippen LogP contribution < -0.4 is 5.32 Å². The quantitative estimate of drug-likeness (QED) is 0.365. The van der Waals surface area contributed by atoms with E-state index in [1.165, 1.54) is 4.68 Å². The van der Waals surface area contributed by atoms with Gasteiger partial charge in [0.15, 0.2) is 11.5 Å². The minimum Gasteiger partial charge on any atom is -0.321 e. The molecule has 0 aliphatic carbocycles. The summed E-state index contributed by atoms with van der Waals surface area (Å²) < 4.78 is 1.51. The molecule has 150 valence electrons. The van der Waals surface area contributed by atoms with Crippen LogP contribution in [0.4, 0.5) is 11.4 Å². The van der Waals surface area contributed by atoms with E-state index in [0.29, 0.717) is 39.6 Å². The predicted molar refractivity (Wildman–Crippen MR) is 119 cm³/mol. The largest absolute Gasteiger partial charge is 0.321 e. The number of carbonyl (C=O) groups excluding carboxylic acids is 2. The van der Waals surface area contributed by atoms with Crippen molar-refractivity contribution in [2.45, 2.75) is 6.92 Å². The Kier molecular flexibility index (Phi) is 5.41. The normalized spacial score (nSPS) is 10.3. The maximum absolute atomic E-state index is 13.0. The van der Waals surface area contributed by atoms with Gasteiger partial charge in [-0.05, 0) is 37.3 Å². The third-order valence-electron chi connectivity index (χ3n) is 4.69. The first kappa shape index (κ1) is 19.8. The number of hydrogen-bond acceptors (Lipinski definition) is 3. The summed E-state index contributed by atoms with van der Waals surface area (Å²) in [5.74, 6) is -0.480. The molecule has 1 aromatic heterocycles. The van der Waals surface area contributed by atoms with Gasteiger partial charge in [-0.25, -0.2) is 9.53 Å². The Morgan fingerprint density at radius 3 is 2.42 bits per heavy atom. The molecule has 0 aliphatic rings. The van der Waals surface area contributed by atoms with Crippen LogP contribution in [0.2, 0.25) is 0 Å². The SMILES string of the molecule is [C-]#[N+]c1cccc(-n2nc(C)cc2C(=O)Nc2cccc(C(=O)c3ccccc3)c2)c1. The highest BCUT2D eigenvalue weighted by atomic mass is 16.2. The van der Waals surface area contributed by atoms with E-state index in [2.05, 4.69) is 15.3 Å². The lowest BCUT2D eigenvalue weighted by Gasteiger charge is -2.10. The van der Waals surface area contributed by atoms with Crippen LogP contribution in [0, 0.1) is 13.5 Å². The fourth-order valence-corrected chi connectivity index (χ4v) is 3.24. The molecular formula is C25H18N4O2. The summed E-state index contributed by atoms with van der Waals surface area (Å²) in [6.45, 7) is 9.00. The van der Waals surface area contributed by atoms with Gasteiger partial charge in [-0.2, -0.15) is 5.10 Å². The monoisotopic (exact) mass is 406 g/mol. The Labute approximate surface area is 179 Å². The second kappa shape index (κ2) is 8.47. The Bertz CT molecular complexity index is 1320. The summed E-state index contributed by atoms with van der Waals surface area (Å²) in [5.41, 5.74) is 3.67. The molecule has 0 aliphatic heterocycles. The average Bonchev–Trinajstić information content (AvgIpc) is 3.21. The Morgan fingerprint density at radius 2 is 1.65 bits per heavy atom. The Morgan fingerprint density at radius 1 is 0.903 bits per heavy atom. The average molecular weight is 406 g/mol. The van der Waals surface area contributed by atoms with E-state index in [0.717, 1.165) is 0 Å². The summed E-state index contributed by atoms with van der Waals surface area (Å²) in [5, 5.41) is 7.25. The van der Waals surface area contributed by atoms with E-state index in [1.54, 1.807) is 73.7 Å². The summed E-state index contributed by atoms with van der Waals surface area (Å²) in [6, 6.07) is 24.4. The number of rotatable bonds is 5. The summed E-state index contributed by atoms with van der Waals surface area (Å²) >= 11 is 0. The predicted octanol–water partition coefficient (Wildman–Crippen LogP) is 5.21. The van der Waals surface area contributed by atoms with Gasteiger partial charge in [0.1, 0.15) is 5.69 Å². The summed E-state index contributed by atoms with van der Waals surface area (Å²) in [7, 11) is 0. The zero-order valence-electron chi connectivity index (χ0n) is 16.7. The van der Waals surface area contributed by atoms with Crippen molar-refractivity contribution in [1.82, 2.24) is 9.78 Å². The van der Waals surface area contributed by atoms with Crippen molar-refractivity contribution < 1.29 is 9.59 Å². The first-order valence-electron chi connectivity index (χ1n) is 9.61. The highest BCUT2D eigenvalue weighted by molar-refractivity contribution is 6.10. The summed E-state index contributed by atoms with van der Waals surface area (Å²) in [6.07, 6.45) is 0. The van der Waals surface area contributed by atoms with Gasteiger partial charge in [-0.3, -0.25) is 9.59 Å². The first-order valence-corrected chi connectivity index (χ1v) is 9.61. The van der Waals surface area contributed by atoms with Crippen molar-refractivity contribution >= 4 is 23.1 Å². The van der Waals surface area contributed by atoms with Crippen LogP contribution >= 0.6 is 0 Å². The number of anilines is 1. The number of aromatic nitrogens is 2. The van der Waals surface area contributed by atoms with Gasteiger partial charge in [0.25, 0.3) is 5.91 Å². The third-order valence-corrected chi connectivity index (χ3v) is 4.69. The fraction of sp³-hybridized carbons (Fsp3) is 0.0400. The molecule has 1 heterocycles. The Balaban J connectivity index is 1.61. The zero-order valence-corrected chi connectivity index (χ0v) is 16.7. The van der Waals surface area contributed by atoms with Crippen molar-refractivity contribution in [2.24, 2.45) is 0 Å². The number of aryl methyl sites for hydroxylation is 1. The molecule has 0 atom stereocenters. The molecular weight excluding hydrogens is 388 g/mol. The van der Waals surface area contributed by atoms with Crippen LogP contribution in [0.15, 0.2) is 84.9 Å². The van der Waals surface area contributed by atoms with E-state index in [4.69, 9.17) is 6.57 Å². The maximum Gasteiger partial charge on any atom is 0.274 e. The minimum atomic E-state index is -0.363. The lowest BCUT2D eigenvalue weighted by molar-refractivity contribution is 0.101. The molecule has 0 bridgehead atoms. The molecule has 31 heavy (non-hydrogen) atoms. The van der Waals surface area contributed by atoms with Gasteiger partial charge in [0, 0.05) is 16.8 Å². The van der Waals surface area contributed by atoms with Gasteiger partial charge in [-0.15, -0.1) is 0 Å². The molecule has 4 rings (SSSR count). The number of hydrogen-bond donors (Lipinski definition) is 1. The molecule has 0 unspecified atom stereocenters. The van der Waals surface area contributed by atoms with Crippen LogP contribution in [-0.4, -0.2) is 21.5 Å². The molecule has 6 heteroatoms. The molecule has 4 aromatic rings. The second-order valence-electron chi connectivity index (χ2n) is 6.94. The molecule has 6 nitrogen and oxygen atoms in total. The van der Waals surface area contributed by atoms with Crippen molar-refractivity contribution in [3.63, 3.8) is 0 Å². The van der Waals surface area contributed by atoms with Crippen LogP contribution in [0.25, 0.3) is 10.5 Å². The number of ketones is 1. The number of nitrogens with one attached hydrogen (secondary N) is 1. The van der Waals surface area contributed by atoms with E-state index in [1.807, 2.05) is 18.2 Å². The number of benzene rings is 3. The molecule has 3 aromatic carbocycles. The molecule has 1 N–H and O–H groups in total. The van der Waals surface area contributed by atoms with Crippen molar-refractivity contribution in [1.29, 1.82) is 0 Å². The lowest BCUT2D eigenvalue weighted by Crippen LogP contribution is -2.17. The van der Waals surface area contributed by atoms with Crippen molar-refractivity contribution in [3.8, 4) is 5.69 Å². The third kappa shape index (κ3) is 4.26. The van der Waals surface area contributed by atoms with Crippen LogP contribution in [0.5, 0.6) is 0 Å². The molecule has 1 amide bonds. The first-order chi connectivity index (χ1) is 15.0. The van der Waals surface area contributed by atoms with E-state index in [9.17, 15) is 9.59 Å². The Hall–Kier alpha value is -4.50. The highest BCUT2D eigenvalue weighted by Gasteiger charge is 2.17. The lowest BCUT2D eigenvalue weighted by atomic mass is 10.0. The van der Waals surface area contributed by atoms with Crippen LogP contribution in [0.1, 0.15) is 32.1 Å². The molecule has 0 saturated carbocycles. The van der Waals surface area contributed by atoms with Crippen LogP contribution in [-0.2, 0) is 0 Å². The van der Waals surface area contributed by atoms with Crippen molar-refractivity contribution in [2.75, 3.05) is 5.32 Å². The maximum atomic E-state index is 13.0. The highest BCUT2D eigenvalue weighted by Crippen LogP contribution is 2.21.